The number of hydrogen-bond acceptors (Lipinski definition) is 4. The molecule has 138 valence electrons. The van der Waals surface area contributed by atoms with Gasteiger partial charge in [0.05, 0.1) is 0 Å². The lowest BCUT2D eigenvalue weighted by molar-refractivity contribution is 0.0706. The van der Waals surface area contributed by atoms with Gasteiger partial charge in [-0.05, 0) is 41.0 Å². The highest BCUT2D eigenvalue weighted by molar-refractivity contribution is 5.93. The zero-order valence-corrected chi connectivity index (χ0v) is 14.9. The van der Waals surface area contributed by atoms with Crippen LogP contribution in [0, 0.1) is 0 Å². The van der Waals surface area contributed by atoms with Gasteiger partial charge in [-0.3, -0.25) is 10.0 Å². The number of carbonyl (C=O) groups is 1. The highest BCUT2D eigenvalue weighted by Gasteiger charge is 2.03. The van der Waals surface area contributed by atoms with Crippen molar-refractivity contribution in [2.45, 2.75) is 19.7 Å². The van der Waals surface area contributed by atoms with Crippen LogP contribution in [0.15, 0.2) is 78.9 Å². The summed E-state index contributed by atoms with van der Waals surface area (Å²) >= 11 is 0. The number of hydroxylamine groups is 1. The summed E-state index contributed by atoms with van der Waals surface area (Å²) in [5.41, 5.74) is 5.42. The van der Waals surface area contributed by atoms with E-state index in [-0.39, 0.29) is 0 Å². The van der Waals surface area contributed by atoms with E-state index < -0.39 is 5.91 Å². The van der Waals surface area contributed by atoms with Crippen molar-refractivity contribution in [1.82, 2.24) is 10.8 Å². The highest BCUT2D eigenvalue weighted by Crippen LogP contribution is 2.14. The van der Waals surface area contributed by atoms with Crippen molar-refractivity contribution >= 4 is 5.91 Å². The maximum atomic E-state index is 11.3. The van der Waals surface area contributed by atoms with Gasteiger partial charge in [0, 0.05) is 18.7 Å². The molecule has 5 nitrogen and oxygen atoms in total. The standard InChI is InChI=1S/C22H22N2O3/c25-22(24-26)20-10-6-17(7-11-20)14-23-15-18-8-12-21(13-9-18)27-16-19-4-2-1-3-5-19/h1-13,23,26H,14-16H2,(H,24,25). The van der Waals surface area contributed by atoms with Crippen molar-refractivity contribution in [2.24, 2.45) is 0 Å². The predicted molar refractivity (Wildman–Crippen MR) is 103 cm³/mol. The molecule has 0 aliphatic rings. The molecule has 0 heterocycles. The number of amides is 1. The molecular formula is C22H22N2O3. The quantitative estimate of drug-likeness (QED) is 0.422. The number of rotatable bonds is 8. The monoisotopic (exact) mass is 362 g/mol. The first kappa shape index (κ1) is 18.6. The largest absolute Gasteiger partial charge is 0.489 e. The molecule has 5 heteroatoms. The maximum Gasteiger partial charge on any atom is 0.274 e. The SMILES string of the molecule is O=C(NO)c1ccc(CNCc2ccc(OCc3ccccc3)cc2)cc1. The lowest BCUT2D eigenvalue weighted by Gasteiger charge is -2.09. The average molecular weight is 362 g/mol. The van der Waals surface area contributed by atoms with Crippen molar-refractivity contribution in [3.8, 4) is 5.75 Å². The molecule has 27 heavy (non-hydrogen) atoms. The van der Waals surface area contributed by atoms with E-state index in [4.69, 9.17) is 9.94 Å². The van der Waals surface area contributed by atoms with E-state index >= 15 is 0 Å². The van der Waals surface area contributed by atoms with Gasteiger partial charge in [0.2, 0.25) is 0 Å². The van der Waals surface area contributed by atoms with Gasteiger partial charge in [-0.15, -0.1) is 0 Å². The second-order valence-corrected chi connectivity index (χ2v) is 6.16. The van der Waals surface area contributed by atoms with Crippen molar-refractivity contribution in [1.29, 1.82) is 0 Å². The van der Waals surface area contributed by atoms with Crippen molar-refractivity contribution in [3.63, 3.8) is 0 Å². The molecule has 3 N–H and O–H groups in total. The molecule has 3 aromatic rings. The Morgan fingerprint density at radius 2 is 1.37 bits per heavy atom. The van der Waals surface area contributed by atoms with Crippen LogP contribution < -0.4 is 15.5 Å². The fraction of sp³-hybridized carbons (Fsp3) is 0.136. The molecule has 0 aromatic heterocycles. The second kappa shape index (κ2) is 9.52. The molecule has 0 bridgehead atoms. The predicted octanol–water partition coefficient (Wildman–Crippen LogP) is 3.67. The van der Waals surface area contributed by atoms with Crippen molar-refractivity contribution in [2.75, 3.05) is 0 Å². The summed E-state index contributed by atoms with van der Waals surface area (Å²) in [5.74, 6) is 0.337. The summed E-state index contributed by atoms with van der Waals surface area (Å²) in [6, 6.07) is 25.2. The molecule has 1 amide bonds. The molecule has 0 aliphatic carbocycles. The zero-order valence-electron chi connectivity index (χ0n) is 14.9. The molecule has 0 unspecified atom stereocenters. The summed E-state index contributed by atoms with van der Waals surface area (Å²) in [6.45, 7) is 1.98. The van der Waals surface area contributed by atoms with E-state index in [1.165, 1.54) is 5.56 Å². The van der Waals surface area contributed by atoms with Gasteiger partial charge in [-0.25, -0.2) is 5.48 Å². The normalized spacial score (nSPS) is 10.4. The van der Waals surface area contributed by atoms with Gasteiger partial charge in [-0.1, -0.05) is 54.6 Å². The Kier molecular flexibility index (Phi) is 6.57. The molecule has 0 spiro atoms. The second-order valence-electron chi connectivity index (χ2n) is 6.16. The Hall–Kier alpha value is -3.15. The Balaban J connectivity index is 1.44. The molecule has 3 aromatic carbocycles. The van der Waals surface area contributed by atoms with Gasteiger partial charge in [0.25, 0.3) is 5.91 Å². The fourth-order valence-electron chi connectivity index (χ4n) is 2.63. The lowest BCUT2D eigenvalue weighted by Crippen LogP contribution is -2.18. The number of nitrogens with one attached hydrogen (secondary N) is 2. The third-order valence-corrected chi connectivity index (χ3v) is 4.15. The summed E-state index contributed by atoms with van der Waals surface area (Å²) < 4.78 is 5.79. The van der Waals surface area contributed by atoms with Gasteiger partial charge in [0.15, 0.2) is 0 Å². The number of ether oxygens (including phenoxy) is 1. The number of hydrogen-bond donors (Lipinski definition) is 3. The van der Waals surface area contributed by atoms with E-state index in [2.05, 4.69) is 5.32 Å². The first-order valence-electron chi connectivity index (χ1n) is 8.74. The number of benzene rings is 3. The van der Waals surface area contributed by atoms with Crippen molar-refractivity contribution < 1.29 is 14.7 Å². The van der Waals surface area contributed by atoms with Crippen LogP contribution in [0.2, 0.25) is 0 Å². The molecule has 0 atom stereocenters. The van der Waals surface area contributed by atoms with Crippen LogP contribution >= 0.6 is 0 Å². The topological polar surface area (TPSA) is 70.6 Å². The number of carbonyl (C=O) groups excluding carboxylic acids is 1. The van der Waals surface area contributed by atoms with Crippen LogP contribution in [-0.2, 0) is 19.7 Å². The van der Waals surface area contributed by atoms with Crippen LogP contribution in [0.1, 0.15) is 27.0 Å². The van der Waals surface area contributed by atoms with Crippen LogP contribution in [-0.4, -0.2) is 11.1 Å². The summed E-state index contributed by atoms with van der Waals surface area (Å²) in [5, 5.41) is 12.0. The molecular weight excluding hydrogens is 340 g/mol. The summed E-state index contributed by atoms with van der Waals surface area (Å²) in [7, 11) is 0. The van der Waals surface area contributed by atoms with Gasteiger partial charge >= 0.3 is 0 Å². The van der Waals surface area contributed by atoms with Crippen LogP contribution in [0.25, 0.3) is 0 Å². The average Bonchev–Trinajstić information content (AvgIpc) is 2.74. The first-order chi connectivity index (χ1) is 13.2. The Labute approximate surface area is 158 Å². The minimum atomic E-state index is -0.510. The molecule has 0 saturated carbocycles. The smallest absolute Gasteiger partial charge is 0.274 e. The van der Waals surface area contributed by atoms with Gasteiger partial charge in [0.1, 0.15) is 12.4 Å². The molecule has 0 aliphatic heterocycles. The molecule has 0 fully saturated rings. The van der Waals surface area contributed by atoms with Crippen molar-refractivity contribution in [3.05, 3.63) is 101 Å². The van der Waals surface area contributed by atoms with E-state index in [0.29, 0.717) is 18.7 Å². The third-order valence-electron chi connectivity index (χ3n) is 4.15. The molecule has 3 rings (SSSR count). The fourth-order valence-corrected chi connectivity index (χ4v) is 2.63. The first-order valence-corrected chi connectivity index (χ1v) is 8.74. The minimum absolute atomic E-state index is 0.423. The van der Waals surface area contributed by atoms with E-state index in [9.17, 15) is 4.79 Å². The molecule has 0 saturated heterocycles. The van der Waals surface area contributed by atoms with Gasteiger partial charge < -0.3 is 10.1 Å². The summed E-state index contributed by atoms with van der Waals surface area (Å²) in [6.07, 6.45) is 0. The van der Waals surface area contributed by atoms with E-state index in [0.717, 1.165) is 23.4 Å². The maximum absolute atomic E-state index is 11.3. The lowest BCUT2D eigenvalue weighted by atomic mass is 10.1. The van der Waals surface area contributed by atoms with Gasteiger partial charge in [-0.2, -0.15) is 0 Å². The van der Waals surface area contributed by atoms with Crippen LogP contribution in [0.4, 0.5) is 0 Å². The Bertz CT molecular complexity index is 847. The van der Waals surface area contributed by atoms with Crippen LogP contribution in [0.3, 0.4) is 0 Å². The van der Waals surface area contributed by atoms with E-state index in [1.807, 2.05) is 66.7 Å². The highest BCUT2D eigenvalue weighted by atomic mass is 16.5. The Morgan fingerprint density at radius 1 is 0.778 bits per heavy atom. The zero-order chi connectivity index (χ0) is 18.9. The summed E-state index contributed by atoms with van der Waals surface area (Å²) in [4.78, 5) is 11.3. The van der Waals surface area contributed by atoms with Crippen LogP contribution in [0.5, 0.6) is 5.75 Å². The minimum Gasteiger partial charge on any atom is -0.489 e. The third kappa shape index (κ3) is 5.67. The molecule has 0 radical (unpaired) electrons. The van der Waals surface area contributed by atoms with E-state index in [1.54, 1.807) is 17.6 Å². The Morgan fingerprint density at radius 3 is 1.96 bits per heavy atom.